The molecule has 6 nitrogen and oxygen atoms in total. The summed E-state index contributed by atoms with van der Waals surface area (Å²) >= 11 is 5.76. The summed E-state index contributed by atoms with van der Waals surface area (Å²) in [6.45, 7) is 1.54. The van der Waals surface area contributed by atoms with Gasteiger partial charge in [-0.15, -0.1) is 0 Å². The highest BCUT2D eigenvalue weighted by Crippen LogP contribution is 2.22. The third-order valence-corrected chi connectivity index (χ3v) is 7.15. The second kappa shape index (κ2) is 8.80. The van der Waals surface area contributed by atoms with Crippen LogP contribution in [0.4, 0.5) is 10.1 Å². The van der Waals surface area contributed by atoms with E-state index in [1.54, 1.807) is 30.3 Å². The average Bonchev–Trinajstić information content (AvgIpc) is 2.78. The Labute approximate surface area is 194 Å². The number of benzene rings is 3. The first-order valence-corrected chi connectivity index (χ1v) is 11.7. The topological polar surface area (TPSA) is 85.2 Å². The SMILES string of the molecule is Cc1ccc(S(=O)(=O)c2cn(CC(=O)Nc3ccc(F)c(Cl)c3)c3ccccc3c2=O)cc1. The summed E-state index contributed by atoms with van der Waals surface area (Å²) in [6.07, 6.45) is 1.18. The van der Waals surface area contributed by atoms with Crippen molar-refractivity contribution in [2.75, 3.05) is 5.32 Å². The van der Waals surface area contributed by atoms with Crippen LogP contribution in [0.25, 0.3) is 10.9 Å². The predicted molar refractivity (Wildman–Crippen MR) is 125 cm³/mol. The van der Waals surface area contributed by atoms with Crippen molar-refractivity contribution >= 4 is 43.9 Å². The number of sulfone groups is 1. The van der Waals surface area contributed by atoms with Crippen molar-refractivity contribution < 1.29 is 17.6 Å². The zero-order valence-electron chi connectivity index (χ0n) is 17.4. The van der Waals surface area contributed by atoms with Gasteiger partial charge in [-0.05, 0) is 49.4 Å². The molecule has 0 aliphatic heterocycles. The normalized spacial score (nSPS) is 11.5. The predicted octanol–water partition coefficient (Wildman–Crippen LogP) is 4.57. The highest BCUT2D eigenvalue weighted by molar-refractivity contribution is 7.91. The van der Waals surface area contributed by atoms with Crippen LogP contribution >= 0.6 is 11.6 Å². The quantitative estimate of drug-likeness (QED) is 0.449. The van der Waals surface area contributed by atoms with Crippen LogP contribution in [-0.2, 0) is 21.2 Å². The minimum atomic E-state index is -4.13. The number of carbonyl (C=O) groups excluding carboxylic acids is 1. The lowest BCUT2D eigenvalue weighted by Crippen LogP contribution is -2.24. The Balaban J connectivity index is 1.77. The van der Waals surface area contributed by atoms with Crippen molar-refractivity contribution in [3.8, 4) is 0 Å². The van der Waals surface area contributed by atoms with Crippen molar-refractivity contribution in [2.24, 2.45) is 0 Å². The fourth-order valence-corrected chi connectivity index (χ4v) is 4.96. The van der Waals surface area contributed by atoms with E-state index in [1.807, 2.05) is 6.92 Å². The first kappa shape index (κ1) is 22.7. The lowest BCUT2D eigenvalue weighted by molar-refractivity contribution is -0.116. The standard InChI is InChI=1S/C24H18ClFN2O4S/c1-15-6-9-17(10-7-15)33(31,32)22-13-28(21-5-3-2-4-18(21)24(22)30)14-23(29)27-16-8-11-20(26)19(25)12-16/h2-13H,14H2,1H3,(H,27,29). The zero-order chi connectivity index (χ0) is 23.8. The van der Waals surface area contributed by atoms with E-state index < -0.39 is 31.9 Å². The maximum atomic E-state index is 13.4. The minimum Gasteiger partial charge on any atom is -0.336 e. The van der Waals surface area contributed by atoms with Crippen molar-refractivity contribution in [1.29, 1.82) is 0 Å². The smallest absolute Gasteiger partial charge is 0.244 e. The molecule has 0 radical (unpaired) electrons. The summed E-state index contributed by atoms with van der Waals surface area (Å²) in [7, 11) is -4.13. The van der Waals surface area contributed by atoms with Crippen LogP contribution in [0.5, 0.6) is 0 Å². The van der Waals surface area contributed by atoms with Crippen LogP contribution in [-0.4, -0.2) is 18.9 Å². The number of amides is 1. The number of fused-ring (bicyclic) bond motifs is 1. The maximum Gasteiger partial charge on any atom is 0.244 e. The first-order valence-electron chi connectivity index (χ1n) is 9.85. The molecule has 4 aromatic rings. The van der Waals surface area contributed by atoms with Gasteiger partial charge in [-0.3, -0.25) is 9.59 Å². The molecule has 0 saturated carbocycles. The first-order chi connectivity index (χ1) is 15.7. The van der Waals surface area contributed by atoms with Gasteiger partial charge in [0.15, 0.2) is 0 Å². The van der Waals surface area contributed by atoms with Crippen molar-refractivity contribution in [1.82, 2.24) is 4.57 Å². The summed E-state index contributed by atoms with van der Waals surface area (Å²) in [4.78, 5) is 25.3. The molecule has 1 heterocycles. The Morgan fingerprint density at radius 2 is 1.76 bits per heavy atom. The summed E-state index contributed by atoms with van der Waals surface area (Å²) < 4.78 is 41.3. The molecule has 0 bridgehead atoms. The van der Waals surface area contributed by atoms with E-state index in [0.717, 1.165) is 11.6 Å². The molecule has 4 rings (SSSR count). The second-order valence-corrected chi connectivity index (χ2v) is 9.79. The lowest BCUT2D eigenvalue weighted by atomic mass is 10.2. The average molecular weight is 485 g/mol. The van der Waals surface area contributed by atoms with E-state index in [9.17, 15) is 22.4 Å². The molecule has 168 valence electrons. The van der Waals surface area contributed by atoms with E-state index in [2.05, 4.69) is 5.32 Å². The number of hydrogen-bond donors (Lipinski definition) is 1. The minimum absolute atomic E-state index is 0.0163. The molecule has 3 aromatic carbocycles. The number of carbonyl (C=O) groups is 1. The van der Waals surface area contributed by atoms with Gasteiger partial charge in [0.2, 0.25) is 21.2 Å². The van der Waals surface area contributed by atoms with Gasteiger partial charge >= 0.3 is 0 Å². The monoisotopic (exact) mass is 484 g/mol. The van der Waals surface area contributed by atoms with E-state index in [4.69, 9.17) is 11.6 Å². The largest absolute Gasteiger partial charge is 0.336 e. The highest BCUT2D eigenvalue weighted by atomic mass is 35.5. The Hall–Kier alpha value is -3.49. The number of anilines is 1. The Kier molecular flexibility index (Phi) is 6.05. The van der Waals surface area contributed by atoms with Crippen LogP contribution in [0.1, 0.15) is 5.56 Å². The summed E-state index contributed by atoms with van der Waals surface area (Å²) in [5, 5.41) is 2.62. The molecule has 0 aliphatic rings. The van der Waals surface area contributed by atoms with Crippen LogP contribution in [0, 0.1) is 12.7 Å². The van der Waals surface area contributed by atoms with Gasteiger partial charge in [0.25, 0.3) is 0 Å². The van der Waals surface area contributed by atoms with E-state index in [0.29, 0.717) is 5.52 Å². The van der Waals surface area contributed by atoms with Crippen LogP contribution < -0.4 is 10.7 Å². The molecule has 33 heavy (non-hydrogen) atoms. The molecule has 0 unspecified atom stereocenters. The molecule has 1 aromatic heterocycles. The van der Waals surface area contributed by atoms with E-state index in [1.165, 1.54) is 41.1 Å². The van der Waals surface area contributed by atoms with Crippen molar-refractivity contribution in [3.05, 3.63) is 99.6 Å². The van der Waals surface area contributed by atoms with E-state index >= 15 is 0 Å². The Morgan fingerprint density at radius 3 is 2.45 bits per heavy atom. The van der Waals surface area contributed by atoms with Crippen LogP contribution in [0.15, 0.2) is 87.5 Å². The molecule has 0 saturated heterocycles. The van der Waals surface area contributed by atoms with Gasteiger partial charge in [-0.1, -0.05) is 41.4 Å². The van der Waals surface area contributed by atoms with Crippen molar-refractivity contribution in [2.45, 2.75) is 23.3 Å². The summed E-state index contributed by atoms with van der Waals surface area (Å²) in [5.41, 5.74) is 0.914. The molecule has 0 spiro atoms. The number of rotatable bonds is 5. The van der Waals surface area contributed by atoms with Gasteiger partial charge in [0.05, 0.1) is 15.4 Å². The molecule has 1 amide bonds. The number of nitrogens with one attached hydrogen (secondary N) is 1. The molecular weight excluding hydrogens is 467 g/mol. The molecule has 9 heteroatoms. The number of hydrogen-bond acceptors (Lipinski definition) is 4. The Morgan fingerprint density at radius 1 is 1.06 bits per heavy atom. The lowest BCUT2D eigenvalue weighted by Gasteiger charge is -2.14. The van der Waals surface area contributed by atoms with Crippen LogP contribution in [0.2, 0.25) is 5.02 Å². The number of aryl methyl sites for hydroxylation is 1. The zero-order valence-corrected chi connectivity index (χ0v) is 19.0. The van der Waals surface area contributed by atoms with Crippen molar-refractivity contribution in [3.63, 3.8) is 0 Å². The number of pyridine rings is 1. The fraction of sp³-hybridized carbons (Fsp3) is 0.0833. The fourth-order valence-electron chi connectivity index (χ4n) is 3.41. The summed E-state index contributed by atoms with van der Waals surface area (Å²) in [5.74, 6) is -1.13. The Bertz CT molecular complexity index is 1550. The van der Waals surface area contributed by atoms with Gasteiger partial charge < -0.3 is 9.88 Å². The summed E-state index contributed by atoms with van der Waals surface area (Å²) in [6, 6.07) is 16.4. The third-order valence-electron chi connectivity index (χ3n) is 5.09. The number of nitrogens with zero attached hydrogens (tertiary/aromatic N) is 1. The number of para-hydroxylation sites is 1. The highest BCUT2D eigenvalue weighted by Gasteiger charge is 2.24. The second-order valence-electron chi connectivity index (χ2n) is 7.46. The van der Waals surface area contributed by atoms with Gasteiger partial charge in [0.1, 0.15) is 17.3 Å². The number of aromatic nitrogens is 1. The molecule has 0 fully saturated rings. The molecular formula is C24H18ClFN2O4S. The van der Waals surface area contributed by atoms with Crippen LogP contribution in [0.3, 0.4) is 0 Å². The van der Waals surface area contributed by atoms with E-state index in [-0.39, 0.29) is 27.5 Å². The third kappa shape index (κ3) is 4.53. The van der Waals surface area contributed by atoms with Gasteiger partial charge in [-0.25, -0.2) is 12.8 Å². The molecule has 0 aliphatic carbocycles. The van der Waals surface area contributed by atoms with Gasteiger partial charge in [-0.2, -0.15) is 0 Å². The number of halogens is 2. The maximum absolute atomic E-state index is 13.4. The molecule has 1 N–H and O–H groups in total. The molecule has 0 atom stereocenters. The van der Waals surface area contributed by atoms with Gasteiger partial charge in [0, 0.05) is 17.3 Å².